The number of ketones is 1. The number of nitrogens with one attached hydrogen (secondary N) is 1. The number of H-pyrrole nitrogens is 1. The van der Waals surface area contributed by atoms with Crippen LogP contribution in [0.25, 0.3) is 16.6 Å². The molecule has 1 amide bonds. The third-order valence-electron chi connectivity index (χ3n) is 6.27. The van der Waals surface area contributed by atoms with Gasteiger partial charge in [-0.15, -0.1) is 5.10 Å². The molecule has 10 heteroatoms. The Morgan fingerprint density at radius 2 is 1.77 bits per heavy atom. The monoisotopic (exact) mass is 473 g/mol. The van der Waals surface area contributed by atoms with Gasteiger partial charge in [0.05, 0.1) is 24.4 Å². The molecule has 180 valence electrons. The summed E-state index contributed by atoms with van der Waals surface area (Å²) in [7, 11) is 0. The van der Waals surface area contributed by atoms with Gasteiger partial charge in [0.25, 0.3) is 11.7 Å². The number of carbonyl (C=O) groups excluding carboxylic acids is 2. The lowest BCUT2D eigenvalue weighted by atomic mass is 10.1. The summed E-state index contributed by atoms with van der Waals surface area (Å²) in [6, 6.07) is 15.2. The summed E-state index contributed by atoms with van der Waals surface area (Å²) < 4.78 is 7.21. The van der Waals surface area contributed by atoms with E-state index in [2.05, 4.69) is 25.4 Å². The second-order valence-electron chi connectivity index (χ2n) is 8.50. The van der Waals surface area contributed by atoms with E-state index in [9.17, 15) is 9.59 Å². The Kier molecular flexibility index (Phi) is 6.28. The minimum atomic E-state index is -0.465. The van der Waals surface area contributed by atoms with Crippen molar-refractivity contribution in [1.82, 2.24) is 35.0 Å². The Hall–Kier alpha value is -4.05. The predicted octanol–water partition coefficient (Wildman–Crippen LogP) is 2.38. The van der Waals surface area contributed by atoms with Crippen molar-refractivity contribution in [2.45, 2.75) is 20.4 Å². The molecule has 0 radical (unpaired) electrons. The van der Waals surface area contributed by atoms with E-state index < -0.39 is 11.7 Å². The number of carbonyl (C=O) groups is 2. The van der Waals surface area contributed by atoms with Crippen LogP contribution in [0.2, 0.25) is 0 Å². The van der Waals surface area contributed by atoms with Crippen molar-refractivity contribution in [3.63, 3.8) is 0 Å². The highest BCUT2D eigenvalue weighted by Gasteiger charge is 2.30. The van der Waals surface area contributed by atoms with Gasteiger partial charge >= 0.3 is 0 Å². The van der Waals surface area contributed by atoms with Gasteiger partial charge in [0.1, 0.15) is 5.75 Å². The average Bonchev–Trinajstić information content (AvgIpc) is 3.47. The Morgan fingerprint density at radius 3 is 2.51 bits per heavy atom. The van der Waals surface area contributed by atoms with Crippen LogP contribution in [0.15, 0.2) is 48.5 Å². The fraction of sp³-hybridized carbons (Fsp3) is 0.320. The van der Waals surface area contributed by atoms with Crippen molar-refractivity contribution in [2.24, 2.45) is 0 Å². The first-order valence-electron chi connectivity index (χ1n) is 11.7. The number of piperazine rings is 1. The number of Topliss-reactive ketones (excluding diaryl/α,β-unsaturated/α-hetero) is 1. The summed E-state index contributed by atoms with van der Waals surface area (Å²) >= 11 is 0. The number of benzene rings is 2. The molecular formula is C25H27N7O3. The Labute approximate surface area is 202 Å². The molecule has 0 atom stereocenters. The van der Waals surface area contributed by atoms with Crippen molar-refractivity contribution in [1.29, 1.82) is 0 Å². The summed E-state index contributed by atoms with van der Waals surface area (Å²) in [6.45, 7) is 7.11. The van der Waals surface area contributed by atoms with Crippen molar-refractivity contribution < 1.29 is 14.3 Å². The number of rotatable bonds is 7. The first-order valence-corrected chi connectivity index (χ1v) is 11.7. The molecule has 1 saturated heterocycles. The van der Waals surface area contributed by atoms with Gasteiger partial charge in [-0.25, -0.2) is 0 Å². The summed E-state index contributed by atoms with van der Waals surface area (Å²) in [6.07, 6.45) is 0. The maximum absolute atomic E-state index is 13.1. The summed E-state index contributed by atoms with van der Waals surface area (Å²) in [5.74, 6) is 0.577. The highest BCUT2D eigenvalue weighted by molar-refractivity contribution is 6.45. The number of hydrogen-bond donors (Lipinski definition) is 1. The second kappa shape index (κ2) is 9.67. The number of para-hydroxylation sites is 1. The summed E-state index contributed by atoms with van der Waals surface area (Å²) in [5.41, 5.74) is 2.88. The second-order valence-corrected chi connectivity index (χ2v) is 8.50. The zero-order chi connectivity index (χ0) is 24.4. The highest BCUT2D eigenvalue weighted by atomic mass is 16.5. The molecule has 4 aromatic rings. The van der Waals surface area contributed by atoms with Crippen molar-refractivity contribution >= 4 is 22.6 Å². The van der Waals surface area contributed by atoms with Crippen LogP contribution in [0.4, 0.5) is 0 Å². The zero-order valence-corrected chi connectivity index (χ0v) is 19.8. The van der Waals surface area contributed by atoms with Crippen LogP contribution < -0.4 is 4.74 Å². The molecule has 5 rings (SSSR count). The molecule has 0 unspecified atom stereocenters. The highest BCUT2D eigenvalue weighted by Crippen LogP contribution is 2.23. The molecular weight excluding hydrogens is 446 g/mol. The molecule has 2 aromatic heterocycles. The first kappa shape index (κ1) is 22.7. The predicted molar refractivity (Wildman–Crippen MR) is 130 cm³/mol. The summed E-state index contributed by atoms with van der Waals surface area (Å²) in [5, 5.41) is 12.9. The summed E-state index contributed by atoms with van der Waals surface area (Å²) in [4.78, 5) is 33.1. The lowest BCUT2D eigenvalue weighted by Gasteiger charge is -2.34. The fourth-order valence-corrected chi connectivity index (χ4v) is 4.48. The maximum atomic E-state index is 13.1. The largest absolute Gasteiger partial charge is 0.494 e. The smallest absolute Gasteiger partial charge is 0.295 e. The fourth-order valence-electron chi connectivity index (χ4n) is 4.48. The van der Waals surface area contributed by atoms with E-state index in [4.69, 9.17) is 4.74 Å². The van der Waals surface area contributed by atoms with E-state index in [0.29, 0.717) is 56.4 Å². The minimum Gasteiger partial charge on any atom is -0.494 e. The maximum Gasteiger partial charge on any atom is 0.295 e. The molecule has 0 saturated carbocycles. The van der Waals surface area contributed by atoms with E-state index in [1.165, 1.54) is 0 Å². The number of tetrazole rings is 1. The third kappa shape index (κ3) is 4.52. The van der Waals surface area contributed by atoms with Crippen LogP contribution in [0.3, 0.4) is 0 Å². The van der Waals surface area contributed by atoms with Crippen LogP contribution in [0, 0.1) is 6.92 Å². The first-order chi connectivity index (χ1) is 17.0. The molecule has 0 aliphatic carbocycles. The third-order valence-corrected chi connectivity index (χ3v) is 6.27. The molecule has 3 heterocycles. The van der Waals surface area contributed by atoms with Crippen LogP contribution in [-0.4, -0.2) is 79.5 Å². The lowest BCUT2D eigenvalue weighted by molar-refractivity contribution is -0.128. The molecule has 1 aliphatic heterocycles. The molecule has 0 spiro atoms. The van der Waals surface area contributed by atoms with Crippen LogP contribution in [-0.2, 0) is 11.3 Å². The van der Waals surface area contributed by atoms with Crippen molar-refractivity contribution in [2.75, 3.05) is 32.8 Å². The molecule has 2 aromatic carbocycles. The quantitative estimate of drug-likeness (QED) is 0.324. The van der Waals surface area contributed by atoms with Gasteiger partial charge < -0.3 is 14.6 Å². The molecule has 35 heavy (non-hydrogen) atoms. The molecule has 10 nitrogen and oxygen atoms in total. The van der Waals surface area contributed by atoms with Gasteiger partial charge in [-0.1, -0.05) is 18.2 Å². The normalized spacial score (nSPS) is 14.4. The Balaban J connectivity index is 1.22. The van der Waals surface area contributed by atoms with Gasteiger partial charge in [-0.2, -0.15) is 4.68 Å². The standard InChI is InChI=1S/C25H27N7O3/c1-3-35-19-10-8-18(9-11-19)32-22(27-28-29-32)16-30-12-14-31(15-13-30)25(34)24(33)23-17(2)26-21-7-5-4-6-20(21)23/h4-11,26H,3,12-16H2,1-2H3. The SMILES string of the molecule is CCOc1ccc(-n2nnnc2CN2CCN(C(=O)C(=O)c3c(C)[nH]c4ccccc34)CC2)cc1. The van der Waals surface area contributed by atoms with Crippen LogP contribution in [0.1, 0.15) is 28.8 Å². The molecule has 1 N–H and O–H groups in total. The lowest BCUT2D eigenvalue weighted by Crippen LogP contribution is -2.50. The van der Waals surface area contributed by atoms with E-state index in [1.54, 1.807) is 9.58 Å². The van der Waals surface area contributed by atoms with E-state index in [0.717, 1.165) is 22.3 Å². The number of ether oxygens (including phenoxy) is 1. The van der Waals surface area contributed by atoms with E-state index in [-0.39, 0.29) is 0 Å². The van der Waals surface area contributed by atoms with Gasteiger partial charge in [-0.05, 0) is 54.6 Å². The number of amides is 1. The van der Waals surface area contributed by atoms with Crippen molar-refractivity contribution in [3.8, 4) is 11.4 Å². The van der Waals surface area contributed by atoms with Crippen LogP contribution in [0.5, 0.6) is 5.75 Å². The molecule has 0 bridgehead atoms. The number of nitrogens with zero attached hydrogens (tertiary/aromatic N) is 6. The number of aromatic amines is 1. The number of aryl methyl sites for hydroxylation is 1. The van der Waals surface area contributed by atoms with Gasteiger partial charge in [0.2, 0.25) is 0 Å². The van der Waals surface area contributed by atoms with E-state index in [1.807, 2.05) is 62.4 Å². The minimum absolute atomic E-state index is 0.461. The molecule has 1 fully saturated rings. The Morgan fingerprint density at radius 1 is 1.03 bits per heavy atom. The van der Waals surface area contributed by atoms with Gasteiger partial charge in [-0.3, -0.25) is 14.5 Å². The topological polar surface area (TPSA) is 109 Å². The number of hydrogen-bond acceptors (Lipinski definition) is 7. The Bertz CT molecular complexity index is 1350. The number of fused-ring (bicyclic) bond motifs is 1. The molecule has 1 aliphatic rings. The zero-order valence-electron chi connectivity index (χ0n) is 19.8. The number of aromatic nitrogens is 5. The van der Waals surface area contributed by atoms with Crippen molar-refractivity contribution in [3.05, 3.63) is 65.6 Å². The van der Waals surface area contributed by atoms with Gasteiger partial charge in [0.15, 0.2) is 5.82 Å². The van der Waals surface area contributed by atoms with Gasteiger partial charge in [0, 0.05) is 42.8 Å². The average molecular weight is 474 g/mol. The van der Waals surface area contributed by atoms with E-state index >= 15 is 0 Å². The van der Waals surface area contributed by atoms with Crippen LogP contribution >= 0.6 is 0 Å².